The first kappa shape index (κ1) is 13.9. The van der Waals surface area contributed by atoms with Gasteiger partial charge < -0.3 is 15.3 Å². The van der Waals surface area contributed by atoms with E-state index in [2.05, 4.69) is 34.5 Å². The molecule has 0 bridgehead atoms. The van der Waals surface area contributed by atoms with Crippen molar-refractivity contribution in [3.63, 3.8) is 0 Å². The third-order valence-corrected chi connectivity index (χ3v) is 3.69. The lowest BCUT2D eigenvalue weighted by Crippen LogP contribution is -2.37. The van der Waals surface area contributed by atoms with E-state index >= 15 is 0 Å². The summed E-state index contributed by atoms with van der Waals surface area (Å²) in [5.41, 5.74) is 2.76. The molecule has 1 aliphatic heterocycles. The van der Waals surface area contributed by atoms with E-state index in [0.29, 0.717) is 6.42 Å². The van der Waals surface area contributed by atoms with Crippen LogP contribution in [0.1, 0.15) is 25.3 Å². The van der Waals surface area contributed by atoms with Crippen LogP contribution >= 0.6 is 0 Å². The van der Waals surface area contributed by atoms with E-state index in [-0.39, 0.29) is 0 Å². The Morgan fingerprint density at radius 1 is 1.47 bits per heavy atom. The Morgan fingerprint density at radius 3 is 3.00 bits per heavy atom. The largest absolute Gasteiger partial charge is 0.480 e. The van der Waals surface area contributed by atoms with E-state index < -0.39 is 12.0 Å². The molecular formula is C15H22N2O2. The van der Waals surface area contributed by atoms with Crippen LogP contribution in [0.2, 0.25) is 0 Å². The second-order valence-corrected chi connectivity index (χ2v) is 4.97. The molecular weight excluding hydrogens is 240 g/mol. The summed E-state index contributed by atoms with van der Waals surface area (Å²) in [6.45, 7) is 4.71. The molecule has 2 N–H and O–H groups in total. The molecule has 2 rings (SSSR count). The van der Waals surface area contributed by atoms with Crippen LogP contribution in [0.15, 0.2) is 24.3 Å². The zero-order chi connectivity index (χ0) is 13.7. The summed E-state index contributed by atoms with van der Waals surface area (Å²) < 4.78 is 0. The van der Waals surface area contributed by atoms with Crippen molar-refractivity contribution in [2.45, 2.75) is 32.2 Å². The molecule has 0 saturated carbocycles. The number of carboxylic acids is 1. The van der Waals surface area contributed by atoms with Crippen molar-refractivity contribution in [3.8, 4) is 0 Å². The molecule has 0 spiro atoms. The number of aliphatic carboxylic acids is 1. The van der Waals surface area contributed by atoms with Gasteiger partial charge in [0, 0.05) is 18.8 Å². The van der Waals surface area contributed by atoms with E-state index in [9.17, 15) is 4.79 Å². The number of carbonyl (C=O) groups is 1. The highest BCUT2D eigenvalue weighted by atomic mass is 16.4. The average Bonchev–Trinajstić information content (AvgIpc) is 2.82. The topological polar surface area (TPSA) is 52.6 Å². The van der Waals surface area contributed by atoms with Crippen molar-refractivity contribution in [1.29, 1.82) is 0 Å². The monoisotopic (exact) mass is 262 g/mol. The molecule has 104 valence electrons. The van der Waals surface area contributed by atoms with Crippen molar-refractivity contribution in [1.82, 2.24) is 5.32 Å². The fraction of sp³-hybridized carbons (Fsp3) is 0.533. The summed E-state index contributed by atoms with van der Waals surface area (Å²) in [6, 6.07) is 8.11. The number of nitrogens with one attached hydrogen (secondary N) is 1. The lowest BCUT2D eigenvalue weighted by atomic mass is 10.2. The lowest BCUT2D eigenvalue weighted by molar-refractivity contribution is -0.139. The van der Waals surface area contributed by atoms with Gasteiger partial charge in [-0.15, -0.1) is 0 Å². The van der Waals surface area contributed by atoms with Gasteiger partial charge in [0.15, 0.2) is 0 Å². The Balaban J connectivity index is 1.74. The highest BCUT2D eigenvalue weighted by Crippen LogP contribution is 2.27. The summed E-state index contributed by atoms with van der Waals surface area (Å²) in [5.74, 6) is -0.756. The molecule has 4 nitrogen and oxygen atoms in total. The van der Waals surface area contributed by atoms with Gasteiger partial charge in [-0.1, -0.05) is 25.1 Å². The van der Waals surface area contributed by atoms with Crippen LogP contribution in [0.3, 0.4) is 0 Å². The number of anilines is 1. The Kier molecular flexibility index (Phi) is 4.80. The number of benzene rings is 1. The summed E-state index contributed by atoms with van der Waals surface area (Å²) in [4.78, 5) is 13.3. The number of nitrogens with zero attached hydrogens (tertiary/aromatic N) is 1. The third-order valence-electron chi connectivity index (χ3n) is 3.69. The summed E-state index contributed by atoms with van der Waals surface area (Å²) in [7, 11) is 0. The Hall–Kier alpha value is -1.55. The number of hydrogen-bond acceptors (Lipinski definition) is 3. The molecule has 0 radical (unpaired) electrons. The predicted molar refractivity (Wildman–Crippen MR) is 76.7 cm³/mol. The van der Waals surface area contributed by atoms with Gasteiger partial charge in [-0.3, -0.25) is 4.79 Å². The number of rotatable bonds is 7. The molecule has 1 aliphatic rings. The van der Waals surface area contributed by atoms with Crippen LogP contribution in [-0.4, -0.2) is 36.8 Å². The molecule has 1 unspecified atom stereocenters. The van der Waals surface area contributed by atoms with Crippen molar-refractivity contribution >= 4 is 11.7 Å². The maximum atomic E-state index is 10.9. The Labute approximate surface area is 114 Å². The fourth-order valence-electron chi connectivity index (χ4n) is 2.59. The highest BCUT2D eigenvalue weighted by molar-refractivity contribution is 5.73. The minimum atomic E-state index is -0.756. The van der Waals surface area contributed by atoms with Crippen LogP contribution in [0, 0.1) is 0 Å². The first-order chi connectivity index (χ1) is 9.22. The Bertz CT molecular complexity index is 434. The van der Waals surface area contributed by atoms with Gasteiger partial charge in [-0.05, 0) is 37.4 Å². The Morgan fingerprint density at radius 2 is 2.26 bits per heavy atom. The highest BCUT2D eigenvalue weighted by Gasteiger charge is 2.18. The molecule has 1 heterocycles. The van der Waals surface area contributed by atoms with E-state index in [1.165, 1.54) is 11.3 Å². The molecule has 0 saturated heterocycles. The van der Waals surface area contributed by atoms with Crippen LogP contribution in [0.5, 0.6) is 0 Å². The van der Waals surface area contributed by atoms with Gasteiger partial charge in [0.2, 0.25) is 0 Å². The predicted octanol–water partition coefficient (Wildman–Crippen LogP) is 1.89. The SMILES string of the molecule is CCC(NCCCN1CCc2ccccc21)C(=O)O. The normalized spacial score (nSPS) is 15.3. The number of carboxylic acid groups (broad SMARTS) is 1. The second-order valence-electron chi connectivity index (χ2n) is 4.97. The minimum Gasteiger partial charge on any atom is -0.480 e. The molecule has 1 aromatic rings. The van der Waals surface area contributed by atoms with Crippen LogP contribution in [0.25, 0.3) is 0 Å². The molecule has 0 aliphatic carbocycles. The van der Waals surface area contributed by atoms with Crippen molar-refractivity contribution < 1.29 is 9.90 Å². The van der Waals surface area contributed by atoms with Crippen LogP contribution in [-0.2, 0) is 11.2 Å². The van der Waals surface area contributed by atoms with Gasteiger partial charge in [-0.2, -0.15) is 0 Å². The van der Waals surface area contributed by atoms with Gasteiger partial charge in [-0.25, -0.2) is 0 Å². The zero-order valence-electron chi connectivity index (χ0n) is 11.4. The lowest BCUT2D eigenvalue weighted by Gasteiger charge is -2.20. The number of para-hydroxylation sites is 1. The van der Waals surface area contributed by atoms with E-state index in [4.69, 9.17) is 5.11 Å². The molecule has 0 aromatic heterocycles. The van der Waals surface area contributed by atoms with Gasteiger partial charge in [0.05, 0.1) is 0 Å². The molecule has 1 atom stereocenters. The maximum absolute atomic E-state index is 10.9. The fourth-order valence-corrected chi connectivity index (χ4v) is 2.59. The zero-order valence-corrected chi connectivity index (χ0v) is 11.4. The maximum Gasteiger partial charge on any atom is 0.320 e. The molecule has 0 amide bonds. The van der Waals surface area contributed by atoms with Gasteiger partial charge in [0.25, 0.3) is 0 Å². The van der Waals surface area contributed by atoms with Crippen molar-refractivity contribution in [3.05, 3.63) is 29.8 Å². The van der Waals surface area contributed by atoms with Crippen LogP contribution in [0.4, 0.5) is 5.69 Å². The average molecular weight is 262 g/mol. The van der Waals surface area contributed by atoms with Gasteiger partial charge in [0.1, 0.15) is 6.04 Å². The van der Waals surface area contributed by atoms with Gasteiger partial charge >= 0.3 is 5.97 Å². The first-order valence-corrected chi connectivity index (χ1v) is 7.01. The molecule has 0 fully saturated rings. The number of hydrogen-bond donors (Lipinski definition) is 2. The van der Waals surface area contributed by atoms with E-state index in [0.717, 1.165) is 32.5 Å². The van der Waals surface area contributed by atoms with E-state index in [1.807, 2.05) is 6.92 Å². The third kappa shape index (κ3) is 3.47. The molecule has 1 aromatic carbocycles. The molecule has 19 heavy (non-hydrogen) atoms. The summed E-state index contributed by atoms with van der Waals surface area (Å²) >= 11 is 0. The van der Waals surface area contributed by atoms with Crippen LogP contribution < -0.4 is 10.2 Å². The summed E-state index contributed by atoms with van der Waals surface area (Å²) in [5, 5.41) is 12.0. The standard InChI is InChI=1S/C15H22N2O2/c1-2-13(15(18)19)16-9-5-10-17-11-8-12-6-3-4-7-14(12)17/h3-4,6-7,13,16H,2,5,8-11H2,1H3,(H,18,19). The van der Waals surface area contributed by atoms with Crippen molar-refractivity contribution in [2.24, 2.45) is 0 Å². The second kappa shape index (κ2) is 6.57. The summed E-state index contributed by atoms with van der Waals surface area (Å²) in [6.07, 6.45) is 2.72. The minimum absolute atomic E-state index is 0.411. The quantitative estimate of drug-likeness (QED) is 0.737. The number of fused-ring (bicyclic) bond motifs is 1. The smallest absolute Gasteiger partial charge is 0.320 e. The first-order valence-electron chi connectivity index (χ1n) is 7.01. The van der Waals surface area contributed by atoms with Crippen molar-refractivity contribution in [2.75, 3.05) is 24.5 Å². The van der Waals surface area contributed by atoms with E-state index in [1.54, 1.807) is 0 Å². The molecule has 4 heteroatoms.